The van der Waals surface area contributed by atoms with Crippen LogP contribution in [0.25, 0.3) is 0 Å². The predicted molar refractivity (Wildman–Crippen MR) is 138 cm³/mol. The van der Waals surface area contributed by atoms with Gasteiger partial charge in [0.25, 0.3) is 5.91 Å². The van der Waals surface area contributed by atoms with Crippen LogP contribution in [-0.2, 0) is 14.4 Å². The van der Waals surface area contributed by atoms with Crippen molar-refractivity contribution >= 4 is 29.1 Å². The Hall–Kier alpha value is -3.35. The van der Waals surface area contributed by atoms with Crippen molar-refractivity contribution in [2.24, 2.45) is 5.41 Å². The minimum absolute atomic E-state index is 0.0124. The molecule has 3 amide bonds. The van der Waals surface area contributed by atoms with Gasteiger partial charge in [-0.3, -0.25) is 14.4 Å². The maximum Gasteiger partial charge on any atom is 0.250 e. The van der Waals surface area contributed by atoms with Gasteiger partial charge in [0.15, 0.2) is 0 Å². The fraction of sp³-hybridized carbons (Fsp3) is 0.464. The van der Waals surface area contributed by atoms with E-state index in [2.05, 4.69) is 10.2 Å². The Morgan fingerprint density at radius 1 is 0.971 bits per heavy atom. The fourth-order valence-corrected chi connectivity index (χ4v) is 5.07. The number of hydrogen-bond acceptors (Lipinski definition) is 4. The summed E-state index contributed by atoms with van der Waals surface area (Å²) in [6.45, 7) is 11.2. The highest BCUT2D eigenvalue weighted by atomic mass is 16.2. The van der Waals surface area contributed by atoms with Crippen LogP contribution in [0.1, 0.15) is 44.7 Å². The number of likely N-dealkylation sites (tertiary alicyclic amines) is 1. The molecule has 0 saturated carbocycles. The van der Waals surface area contributed by atoms with E-state index in [9.17, 15) is 14.4 Å². The first-order chi connectivity index (χ1) is 16.5. The van der Waals surface area contributed by atoms with E-state index < -0.39 is 11.0 Å². The highest BCUT2D eigenvalue weighted by Crippen LogP contribution is 2.40. The van der Waals surface area contributed by atoms with Crippen LogP contribution in [0.2, 0.25) is 0 Å². The van der Waals surface area contributed by atoms with Crippen molar-refractivity contribution in [2.75, 3.05) is 36.5 Å². The minimum Gasteiger partial charge on any atom is -0.342 e. The number of nitrogens with one attached hydrogen (secondary N) is 1. The van der Waals surface area contributed by atoms with Gasteiger partial charge in [0.05, 0.1) is 6.67 Å². The zero-order chi connectivity index (χ0) is 25.4. The van der Waals surface area contributed by atoms with Gasteiger partial charge in [-0.25, -0.2) is 0 Å². The average molecular weight is 477 g/mol. The monoisotopic (exact) mass is 476 g/mol. The van der Waals surface area contributed by atoms with Crippen molar-refractivity contribution in [3.63, 3.8) is 0 Å². The van der Waals surface area contributed by atoms with E-state index >= 15 is 0 Å². The number of piperidine rings is 1. The Morgan fingerprint density at radius 2 is 1.63 bits per heavy atom. The molecule has 2 aliphatic heterocycles. The summed E-state index contributed by atoms with van der Waals surface area (Å²) in [5.74, 6) is -0.153. The summed E-state index contributed by atoms with van der Waals surface area (Å²) in [6.07, 6.45) is 1.08. The van der Waals surface area contributed by atoms with Crippen LogP contribution in [0.4, 0.5) is 11.4 Å². The van der Waals surface area contributed by atoms with Gasteiger partial charge in [0, 0.05) is 29.9 Å². The largest absolute Gasteiger partial charge is 0.342 e. The van der Waals surface area contributed by atoms with Gasteiger partial charge < -0.3 is 20.0 Å². The SMILES string of the molecule is Cc1ccc(NC(=O)CN2CN(c3ccccc3)C3(CCN(C(=O)C(C)(C)C)CC3)C2=O)cc1C. The van der Waals surface area contributed by atoms with Gasteiger partial charge in [-0.05, 0) is 62.1 Å². The zero-order valence-electron chi connectivity index (χ0n) is 21.4. The predicted octanol–water partition coefficient (Wildman–Crippen LogP) is 3.96. The molecule has 0 aliphatic carbocycles. The molecule has 2 heterocycles. The number of para-hydroxylation sites is 1. The molecule has 2 fully saturated rings. The van der Waals surface area contributed by atoms with Crippen LogP contribution in [0.5, 0.6) is 0 Å². The van der Waals surface area contributed by atoms with Crippen LogP contribution in [0.15, 0.2) is 48.5 Å². The number of benzene rings is 2. The number of hydrogen-bond donors (Lipinski definition) is 1. The molecule has 7 heteroatoms. The molecule has 0 atom stereocenters. The molecule has 0 radical (unpaired) electrons. The molecule has 186 valence electrons. The van der Waals surface area contributed by atoms with E-state index in [1.54, 1.807) is 4.90 Å². The van der Waals surface area contributed by atoms with Crippen molar-refractivity contribution in [1.82, 2.24) is 9.80 Å². The third kappa shape index (κ3) is 4.90. The van der Waals surface area contributed by atoms with Crippen LogP contribution in [0.3, 0.4) is 0 Å². The molecule has 7 nitrogen and oxygen atoms in total. The van der Waals surface area contributed by atoms with Gasteiger partial charge >= 0.3 is 0 Å². The highest BCUT2D eigenvalue weighted by molar-refractivity contribution is 5.99. The number of carbonyl (C=O) groups is 3. The summed E-state index contributed by atoms with van der Waals surface area (Å²) in [4.78, 5) is 45.2. The molecular weight excluding hydrogens is 440 g/mol. The molecule has 0 aromatic heterocycles. The lowest BCUT2D eigenvalue weighted by Gasteiger charge is -2.44. The quantitative estimate of drug-likeness (QED) is 0.725. The molecule has 2 aromatic carbocycles. The molecule has 2 aliphatic rings. The fourth-order valence-electron chi connectivity index (χ4n) is 5.07. The molecule has 2 saturated heterocycles. The number of amides is 3. The maximum absolute atomic E-state index is 13.8. The second-order valence-electron chi connectivity index (χ2n) is 10.8. The van der Waals surface area contributed by atoms with E-state index in [0.29, 0.717) is 32.6 Å². The average Bonchev–Trinajstić information content (AvgIpc) is 3.07. The second kappa shape index (κ2) is 9.36. The van der Waals surface area contributed by atoms with Crippen LogP contribution >= 0.6 is 0 Å². The lowest BCUT2D eigenvalue weighted by molar-refractivity contribution is -0.144. The Morgan fingerprint density at radius 3 is 2.23 bits per heavy atom. The van der Waals surface area contributed by atoms with Crippen molar-refractivity contribution in [3.8, 4) is 0 Å². The highest BCUT2D eigenvalue weighted by Gasteiger charge is 2.54. The standard InChI is InChI=1S/C28H36N4O3/c1-20-11-12-22(17-21(20)2)29-24(33)18-31-19-32(23-9-7-6-8-10-23)28(26(31)35)13-15-30(16-14-28)25(34)27(3,4)5/h6-12,17H,13-16,18-19H2,1-5H3,(H,29,33). The van der Waals surface area contributed by atoms with Gasteiger partial charge in [-0.15, -0.1) is 0 Å². The normalized spacial score (nSPS) is 17.7. The van der Waals surface area contributed by atoms with Crippen molar-refractivity contribution in [2.45, 2.75) is 53.0 Å². The maximum atomic E-state index is 13.8. The van der Waals surface area contributed by atoms with Crippen LogP contribution < -0.4 is 10.2 Å². The topological polar surface area (TPSA) is 73.0 Å². The first-order valence-corrected chi connectivity index (χ1v) is 12.3. The van der Waals surface area contributed by atoms with Gasteiger partial charge in [0.2, 0.25) is 11.8 Å². The van der Waals surface area contributed by atoms with Crippen molar-refractivity contribution in [1.29, 1.82) is 0 Å². The number of nitrogens with zero attached hydrogens (tertiary/aromatic N) is 3. The lowest BCUT2D eigenvalue weighted by atomic mass is 9.84. The molecule has 1 spiro atoms. The second-order valence-corrected chi connectivity index (χ2v) is 10.8. The van der Waals surface area contributed by atoms with Crippen molar-refractivity contribution in [3.05, 3.63) is 59.7 Å². The van der Waals surface area contributed by atoms with Gasteiger partial charge in [-0.1, -0.05) is 45.0 Å². The van der Waals surface area contributed by atoms with Crippen LogP contribution in [0, 0.1) is 19.3 Å². The smallest absolute Gasteiger partial charge is 0.250 e. The Labute approximate surface area is 208 Å². The number of rotatable bonds is 4. The summed E-state index contributed by atoms with van der Waals surface area (Å²) < 4.78 is 0. The number of carbonyl (C=O) groups excluding carboxylic acids is 3. The summed E-state index contributed by atoms with van der Waals surface area (Å²) >= 11 is 0. The first-order valence-electron chi connectivity index (χ1n) is 12.3. The molecule has 35 heavy (non-hydrogen) atoms. The zero-order valence-corrected chi connectivity index (χ0v) is 21.4. The van der Waals surface area contributed by atoms with Gasteiger partial charge in [0.1, 0.15) is 12.1 Å². The summed E-state index contributed by atoms with van der Waals surface area (Å²) in [5.41, 5.74) is 2.74. The van der Waals surface area contributed by atoms with E-state index in [0.717, 1.165) is 22.5 Å². The molecule has 2 aromatic rings. The van der Waals surface area contributed by atoms with E-state index in [4.69, 9.17) is 0 Å². The Balaban J connectivity index is 1.53. The summed E-state index contributed by atoms with van der Waals surface area (Å²) in [6, 6.07) is 15.7. The number of anilines is 2. The lowest BCUT2D eigenvalue weighted by Crippen LogP contribution is -2.58. The minimum atomic E-state index is -0.753. The third-order valence-corrected chi connectivity index (χ3v) is 7.23. The molecule has 4 rings (SSSR count). The Kier molecular flexibility index (Phi) is 6.62. The molecule has 1 N–H and O–H groups in total. The third-order valence-electron chi connectivity index (χ3n) is 7.23. The molecule has 0 bridgehead atoms. The first kappa shape index (κ1) is 24.8. The Bertz CT molecular complexity index is 1110. The van der Waals surface area contributed by atoms with E-state index in [-0.39, 0.29) is 24.3 Å². The van der Waals surface area contributed by atoms with Crippen molar-refractivity contribution < 1.29 is 14.4 Å². The van der Waals surface area contributed by atoms with Crippen LogP contribution in [-0.4, -0.2) is 59.4 Å². The molecule has 0 unspecified atom stereocenters. The summed E-state index contributed by atoms with van der Waals surface area (Å²) in [7, 11) is 0. The summed E-state index contributed by atoms with van der Waals surface area (Å²) in [5, 5.41) is 2.94. The van der Waals surface area contributed by atoms with E-state index in [1.807, 2.05) is 88.0 Å². The van der Waals surface area contributed by atoms with E-state index in [1.165, 1.54) is 0 Å². The van der Waals surface area contributed by atoms with Gasteiger partial charge in [-0.2, -0.15) is 0 Å². The number of aryl methyl sites for hydroxylation is 2. The molecular formula is C28H36N4O3.